The van der Waals surface area contributed by atoms with Gasteiger partial charge < -0.3 is 0 Å². The molecule has 4 rings (SSSR count). The lowest BCUT2D eigenvalue weighted by atomic mass is 10.1. The van der Waals surface area contributed by atoms with E-state index in [4.69, 9.17) is 0 Å². The van der Waals surface area contributed by atoms with Gasteiger partial charge in [-0.05, 0) is 55.7 Å². The first-order valence-corrected chi connectivity index (χ1v) is 10.8. The number of nitrogens with zero attached hydrogens (tertiary/aromatic N) is 2. The van der Waals surface area contributed by atoms with E-state index >= 15 is 0 Å². The maximum absolute atomic E-state index is 13.5. The molecule has 1 aliphatic rings. The van der Waals surface area contributed by atoms with Gasteiger partial charge in [0.2, 0.25) is 0 Å². The van der Waals surface area contributed by atoms with Crippen molar-refractivity contribution in [3.8, 4) is 0 Å². The van der Waals surface area contributed by atoms with E-state index in [1.54, 1.807) is 30.3 Å². The smallest absolute Gasteiger partial charge is 0.287 e. The van der Waals surface area contributed by atoms with E-state index in [1.165, 1.54) is 4.90 Å². The summed E-state index contributed by atoms with van der Waals surface area (Å²) in [6.07, 6.45) is 0. The molecular formula is C23H22N2O3S. The second-order valence-corrected chi connectivity index (χ2v) is 9.14. The summed E-state index contributed by atoms with van der Waals surface area (Å²) in [7, 11) is -4.01. The Kier molecular flexibility index (Phi) is 4.67. The molecule has 1 heterocycles. The van der Waals surface area contributed by atoms with Crippen molar-refractivity contribution in [2.75, 3.05) is 9.21 Å². The molecule has 2 amide bonds. The number of carbonyl (C=O) groups is 1. The zero-order chi connectivity index (χ0) is 20.8. The molecule has 0 atom stereocenters. The quantitative estimate of drug-likeness (QED) is 0.619. The number of hydrogen-bond donors (Lipinski definition) is 0. The summed E-state index contributed by atoms with van der Waals surface area (Å²) in [5.41, 5.74) is 4.45. The highest BCUT2D eigenvalue weighted by atomic mass is 32.2. The van der Waals surface area contributed by atoms with E-state index in [0.29, 0.717) is 11.4 Å². The maximum Gasteiger partial charge on any atom is 0.343 e. The minimum absolute atomic E-state index is 0.132. The molecule has 0 radical (unpaired) electrons. The number of amides is 2. The summed E-state index contributed by atoms with van der Waals surface area (Å²) in [6, 6.07) is 19.4. The standard InChI is InChI=1S/C23H22N2O3S/c1-16-9-12-19(13-10-16)15-24-20-6-4-5-7-22(20)29(27,28)25(23(24)26)21-14-17(2)8-11-18(21)3/h4-14H,15H2,1-3H3. The fourth-order valence-electron chi connectivity index (χ4n) is 3.51. The van der Waals surface area contributed by atoms with Gasteiger partial charge in [0.05, 0.1) is 17.9 Å². The third-order valence-electron chi connectivity index (χ3n) is 5.12. The largest absolute Gasteiger partial charge is 0.343 e. The van der Waals surface area contributed by atoms with E-state index in [1.807, 2.05) is 57.2 Å². The van der Waals surface area contributed by atoms with Gasteiger partial charge in [0.15, 0.2) is 0 Å². The van der Waals surface area contributed by atoms with E-state index < -0.39 is 16.1 Å². The number of fused-ring (bicyclic) bond motifs is 1. The summed E-state index contributed by atoms with van der Waals surface area (Å²) >= 11 is 0. The summed E-state index contributed by atoms with van der Waals surface area (Å²) in [5.74, 6) is 0. The van der Waals surface area contributed by atoms with Crippen LogP contribution in [0.4, 0.5) is 16.2 Å². The topological polar surface area (TPSA) is 57.7 Å². The molecule has 0 aliphatic carbocycles. The highest BCUT2D eigenvalue weighted by Crippen LogP contribution is 2.39. The number of carbonyl (C=O) groups excluding carboxylic acids is 1. The predicted octanol–water partition coefficient (Wildman–Crippen LogP) is 4.95. The normalized spacial score (nSPS) is 15.3. The monoisotopic (exact) mass is 406 g/mol. The van der Waals surface area contributed by atoms with Crippen LogP contribution in [0.3, 0.4) is 0 Å². The molecule has 0 N–H and O–H groups in total. The zero-order valence-electron chi connectivity index (χ0n) is 16.6. The number of anilines is 2. The molecule has 6 heteroatoms. The van der Waals surface area contributed by atoms with Crippen molar-refractivity contribution in [2.45, 2.75) is 32.2 Å². The highest BCUT2D eigenvalue weighted by Gasteiger charge is 2.42. The van der Waals surface area contributed by atoms with E-state index in [-0.39, 0.29) is 11.4 Å². The molecule has 3 aromatic carbocycles. The number of urea groups is 1. The van der Waals surface area contributed by atoms with Crippen molar-refractivity contribution in [1.29, 1.82) is 0 Å². The predicted molar refractivity (Wildman–Crippen MR) is 115 cm³/mol. The SMILES string of the molecule is Cc1ccc(CN2C(=O)N(c3cc(C)ccc3C)S(=O)(=O)c3ccccc32)cc1. The molecule has 0 spiro atoms. The minimum atomic E-state index is -4.01. The lowest BCUT2D eigenvalue weighted by Crippen LogP contribution is -2.51. The van der Waals surface area contributed by atoms with Crippen LogP contribution >= 0.6 is 0 Å². The Balaban J connectivity index is 1.89. The molecule has 29 heavy (non-hydrogen) atoms. The van der Waals surface area contributed by atoms with Crippen LogP contribution in [0.25, 0.3) is 0 Å². The molecule has 0 fully saturated rings. The van der Waals surface area contributed by atoms with Gasteiger partial charge in [0.25, 0.3) is 10.0 Å². The number of aryl methyl sites for hydroxylation is 3. The van der Waals surface area contributed by atoms with Gasteiger partial charge in [-0.25, -0.2) is 13.2 Å². The summed E-state index contributed by atoms with van der Waals surface area (Å²) in [4.78, 5) is 15.2. The van der Waals surface area contributed by atoms with Crippen LogP contribution in [0.5, 0.6) is 0 Å². The Morgan fingerprint density at radius 2 is 1.45 bits per heavy atom. The van der Waals surface area contributed by atoms with Crippen LogP contribution in [-0.2, 0) is 16.6 Å². The van der Waals surface area contributed by atoms with E-state index in [0.717, 1.165) is 26.6 Å². The molecule has 1 aliphatic heterocycles. The molecule has 0 unspecified atom stereocenters. The lowest BCUT2D eigenvalue weighted by molar-refractivity contribution is 0.253. The Bertz CT molecular complexity index is 1200. The second-order valence-electron chi connectivity index (χ2n) is 7.38. The summed E-state index contributed by atoms with van der Waals surface area (Å²) in [6.45, 7) is 5.97. The molecule has 3 aromatic rings. The van der Waals surface area contributed by atoms with Crippen LogP contribution in [0.1, 0.15) is 22.3 Å². The first-order valence-electron chi connectivity index (χ1n) is 9.38. The van der Waals surface area contributed by atoms with Gasteiger partial charge in [0, 0.05) is 0 Å². The fraction of sp³-hybridized carbons (Fsp3) is 0.174. The van der Waals surface area contributed by atoms with Gasteiger partial charge >= 0.3 is 6.03 Å². The molecule has 5 nitrogen and oxygen atoms in total. The molecule has 0 aromatic heterocycles. The zero-order valence-corrected chi connectivity index (χ0v) is 17.4. The van der Waals surface area contributed by atoms with Crippen molar-refractivity contribution in [3.05, 3.63) is 89.0 Å². The summed E-state index contributed by atoms with van der Waals surface area (Å²) in [5, 5.41) is 0. The van der Waals surface area contributed by atoms with Crippen molar-refractivity contribution in [1.82, 2.24) is 0 Å². The minimum Gasteiger partial charge on any atom is -0.287 e. The Morgan fingerprint density at radius 1 is 0.793 bits per heavy atom. The highest BCUT2D eigenvalue weighted by molar-refractivity contribution is 7.94. The molecule has 148 valence electrons. The van der Waals surface area contributed by atoms with Crippen LogP contribution in [0.2, 0.25) is 0 Å². The van der Waals surface area contributed by atoms with Gasteiger partial charge in [-0.3, -0.25) is 4.90 Å². The number of rotatable bonds is 3. The van der Waals surface area contributed by atoms with Gasteiger partial charge in [0.1, 0.15) is 4.90 Å². The van der Waals surface area contributed by atoms with Crippen LogP contribution in [0, 0.1) is 20.8 Å². The first kappa shape index (κ1) is 19.2. The van der Waals surface area contributed by atoms with Gasteiger partial charge in [-0.15, -0.1) is 0 Å². The molecular weight excluding hydrogens is 384 g/mol. The first-order chi connectivity index (χ1) is 13.8. The molecule has 0 bridgehead atoms. The van der Waals surface area contributed by atoms with Crippen molar-refractivity contribution < 1.29 is 13.2 Å². The maximum atomic E-state index is 13.5. The number of benzene rings is 3. The molecule has 0 saturated heterocycles. The lowest BCUT2D eigenvalue weighted by Gasteiger charge is -2.37. The van der Waals surface area contributed by atoms with Crippen molar-refractivity contribution in [3.63, 3.8) is 0 Å². The average Bonchev–Trinajstić information content (AvgIpc) is 2.69. The number of para-hydroxylation sites is 1. The van der Waals surface area contributed by atoms with Crippen LogP contribution < -0.4 is 9.21 Å². The van der Waals surface area contributed by atoms with Crippen molar-refractivity contribution in [2.24, 2.45) is 0 Å². The van der Waals surface area contributed by atoms with E-state index in [9.17, 15) is 13.2 Å². The van der Waals surface area contributed by atoms with Gasteiger partial charge in [-0.2, -0.15) is 4.31 Å². The Labute approximate surface area is 171 Å². The third kappa shape index (κ3) is 3.29. The van der Waals surface area contributed by atoms with Gasteiger partial charge in [-0.1, -0.05) is 54.1 Å². The number of sulfonamides is 1. The van der Waals surface area contributed by atoms with E-state index in [2.05, 4.69) is 0 Å². The molecule has 0 saturated carbocycles. The number of hydrogen-bond acceptors (Lipinski definition) is 3. The Morgan fingerprint density at radius 3 is 2.17 bits per heavy atom. The summed E-state index contributed by atoms with van der Waals surface area (Å²) < 4.78 is 27.7. The van der Waals surface area contributed by atoms with Crippen molar-refractivity contribution >= 4 is 27.4 Å². The average molecular weight is 407 g/mol. The fourth-order valence-corrected chi connectivity index (χ4v) is 5.16. The van der Waals surface area contributed by atoms with Crippen LogP contribution in [-0.4, -0.2) is 14.4 Å². The Hall–Kier alpha value is -3.12. The second kappa shape index (κ2) is 7.04. The van der Waals surface area contributed by atoms with Crippen LogP contribution in [0.15, 0.2) is 71.6 Å². The third-order valence-corrected chi connectivity index (χ3v) is 6.86.